The maximum absolute atomic E-state index is 5.94. The molecule has 0 amide bonds. The predicted molar refractivity (Wildman–Crippen MR) is 63.0 cm³/mol. The second-order valence-corrected chi connectivity index (χ2v) is 4.58. The van der Waals surface area contributed by atoms with Crippen molar-refractivity contribution >= 4 is 11.6 Å². The van der Waals surface area contributed by atoms with Crippen LogP contribution in [0.15, 0.2) is 18.3 Å². The first-order chi connectivity index (χ1) is 7.29. The van der Waals surface area contributed by atoms with Crippen LogP contribution < -0.4 is 0 Å². The molecule has 2 heterocycles. The van der Waals surface area contributed by atoms with Crippen molar-refractivity contribution in [1.82, 2.24) is 9.88 Å². The summed E-state index contributed by atoms with van der Waals surface area (Å²) in [5, 5.41) is 0.784. The molecular formula is C12H17ClN2. The van der Waals surface area contributed by atoms with Crippen LogP contribution in [0.3, 0.4) is 0 Å². The van der Waals surface area contributed by atoms with Crippen LogP contribution >= 0.6 is 11.6 Å². The van der Waals surface area contributed by atoms with Gasteiger partial charge in [0.15, 0.2) is 0 Å². The van der Waals surface area contributed by atoms with Gasteiger partial charge >= 0.3 is 0 Å². The van der Waals surface area contributed by atoms with Crippen LogP contribution in [0.4, 0.5) is 0 Å². The monoisotopic (exact) mass is 224 g/mol. The molecule has 1 aromatic rings. The number of likely N-dealkylation sites (tertiary alicyclic amines) is 1. The van der Waals surface area contributed by atoms with Crippen LogP contribution in [0, 0.1) is 0 Å². The lowest BCUT2D eigenvalue weighted by Crippen LogP contribution is -2.28. The molecule has 0 aromatic carbocycles. The molecule has 1 atom stereocenters. The molecular weight excluding hydrogens is 208 g/mol. The Labute approximate surface area is 96.3 Å². The van der Waals surface area contributed by atoms with Gasteiger partial charge in [-0.05, 0) is 37.9 Å². The number of pyridine rings is 1. The van der Waals surface area contributed by atoms with Crippen molar-refractivity contribution in [3.63, 3.8) is 0 Å². The van der Waals surface area contributed by atoms with E-state index in [2.05, 4.69) is 16.8 Å². The van der Waals surface area contributed by atoms with Crippen molar-refractivity contribution in [2.75, 3.05) is 6.54 Å². The molecule has 1 aliphatic rings. The quantitative estimate of drug-likeness (QED) is 0.785. The van der Waals surface area contributed by atoms with Crippen molar-refractivity contribution in [1.29, 1.82) is 0 Å². The van der Waals surface area contributed by atoms with Crippen molar-refractivity contribution in [3.8, 4) is 0 Å². The average Bonchev–Trinajstić information content (AvgIpc) is 2.65. The van der Waals surface area contributed by atoms with Crippen LogP contribution in [0.25, 0.3) is 0 Å². The van der Waals surface area contributed by atoms with Crippen molar-refractivity contribution in [2.45, 2.75) is 38.8 Å². The van der Waals surface area contributed by atoms with Crippen molar-refractivity contribution in [2.24, 2.45) is 0 Å². The van der Waals surface area contributed by atoms with Crippen LogP contribution in [0.5, 0.6) is 0 Å². The Morgan fingerprint density at radius 1 is 1.60 bits per heavy atom. The third-order valence-corrected chi connectivity index (χ3v) is 3.35. The summed E-state index contributed by atoms with van der Waals surface area (Å²) in [4.78, 5) is 6.86. The minimum atomic E-state index is 0.741. The first-order valence-electron chi connectivity index (χ1n) is 5.64. The molecule has 0 saturated carbocycles. The summed E-state index contributed by atoms with van der Waals surface area (Å²) in [5.74, 6) is 0. The molecule has 1 saturated heterocycles. The van der Waals surface area contributed by atoms with Gasteiger partial charge in [0.05, 0.1) is 5.69 Å². The number of rotatable bonds is 3. The van der Waals surface area contributed by atoms with E-state index in [-0.39, 0.29) is 0 Å². The van der Waals surface area contributed by atoms with E-state index in [4.69, 9.17) is 11.6 Å². The van der Waals surface area contributed by atoms with E-state index in [0.717, 1.165) is 23.3 Å². The first-order valence-corrected chi connectivity index (χ1v) is 6.02. The van der Waals surface area contributed by atoms with Crippen molar-refractivity contribution in [3.05, 3.63) is 29.0 Å². The average molecular weight is 225 g/mol. The Balaban J connectivity index is 2.02. The molecule has 2 nitrogen and oxygen atoms in total. The van der Waals surface area contributed by atoms with Gasteiger partial charge in [-0.2, -0.15) is 0 Å². The van der Waals surface area contributed by atoms with Crippen molar-refractivity contribution < 1.29 is 0 Å². The minimum Gasteiger partial charge on any atom is -0.295 e. The van der Waals surface area contributed by atoms with E-state index in [0.29, 0.717) is 0 Å². The lowest BCUT2D eigenvalue weighted by molar-refractivity contribution is 0.237. The third-order valence-electron chi connectivity index (χ3n) is 3.11. The fourth-order valence-corrected chi connectivity index (χ4v) is 2.49. The van der Waals surface area contributed by atoms with E-state index in [1.165, 1.54) is 25.8 Å². The lowest BCUT2D eigenvalue weighted by Gasteiger charge is -2.22. The molecule has 0 N–H and O–H groups in total. The van der Waals surface area contributed by atoms with Gasteiger partial charge in [0.1, 0.15) is 0 Å². The molecule has 0 aliphatic carbocycles. The van der Waals surface area contributed by atoms with Crippen LogP contribution in [-0.2, 0) is 6.54 Å². The van der Waals surface area contributed by atoms with E-state index in [9.17, 15) is 0 Å². The standard InChI is InChI=1S/C12H17ClN2/c1-2-12-4-3-7-15(12)9-11-8-10(13)5-6-14-11/h5-6,8,12H,2-4,7,9H2,1H3. The maximum atomic E-state index is 5.94. The minimum absolute atomic E-state index is 0.741. The molecule has 1 aromatic heterocycles. The smallest absolute Gasteiger partial charge is 0.0558 e. The fourth-order valence-electron chi connectivity index (χ4n) is 2.31. The Morgan fingerprint density at radius 3 is 3.20 bits per heavy atom. The van der Waals surface area contributed by atoms with Crippen LogP contribution in [-0.4, -0.2) is 22.5 Å². The van der Waals surface area contributed by atoms with E-state index in [1.54, 1.807) is 6.20 Å². The number of hydrogen-bond donors (Lipinski definition) is 0. The molecule has 15 heavy (non-hydrogen) atoms. The normalized spacial score (nSPS) is 22.1. The third kappa shape index (κ3) is 2.70. The Kier molecular flexibility index (Phi) is 3.60. The fraction of sp³-hybridized carbons (Fsp3) is 0.583. The molecule has 1 aliphatic heterocycles. The van der Waals surface area contributed by atoms with E-state index < -0.39 is 0 Å². The Bertz CT molecular complexity index is 327. The van der Waals surface area contributed by atoms with Gasteiger partial charge in [-0.15, -0.1) is 0 Å². The molecule has 0 bridgehead atoms. The van der Waals surface area contributed by atoms with Gasteiger partial charge in [0, 0.05) is 23.8 Å². The summed E-state index contributed by atoms with van der Waals surface area (Å²) in [5.41, 5.74) is 1.09. The summed E-state index contributed by atoms with van der Waals surface area (Å²) >= 11 is 5.94. The Hall–Kier alpha value is -0.600. The second-order valence-electron chi connectivity index (χ2n) is 4.14. The van der Waals surface area contributed by atoms with Gasteiger partial charge in [0.2, 0.25) is 0 Å². The zero-order chi connectivity index (χ0) is 10.7. The molecule has 82 valence electrons. The Morgan fingerprint density at radius 2 is 2.47 bits per heavy atom. The highest BCUT2D eigenvalue weighted by molar-refractivity contribution is 6.30. The van der Waals surface area contributed by atoms with Gasteiger partial charge in [-0.25, -0.2) is 0 Å². The summed E-state index contributed by atoms with van der Waals surface area (Å²) in [6.45, 7) is 4.40. The second kappa shape index (κ2) is 4.95. The molecule has 3 heteroatoms. The lowest BCUT2D eigenvalue weighted by atomic mass is 10.1. The number of aromatic nitrogens is 1. The molecule has 0 spiro atoms. The topological polar surface area (TPSA) is 16.1 Å². The van der Waals surface area contributed by atoms with Gasteiger partial charge < -0.3 is 0 Å². The highest BCUT2D eigenvalue weighted by atomic mass is 35.5. The van der Waals surface area contributed by atoms with Gasteiger partial charge in [0.25, 0.3) is 0 Å². The summed E-state index contributed by atoms with van der Waals surface area (Å²) < 4.78 is 0. The SMILES string of the molecule is CCC1CCCN1Cc1cc(Cl)ccn1. The van der Waals surface area contributed by atoms with Crippen LogP contribution in [0.1, 0.15) is 31.9 Å². The molecule has 2 rings (SSSR count). The number of halogens is 1. The highest BCUT2D eigenvalue weighted by Crippen LogP contribution is 2.22. The van der Waals surface area contributed by atoms with E-state index in [1.807, 2.05) is 12.1 Å². The van der Waals surface area contributed by atoms with E-state index >= 15 is 0 Å². The van der Waals surface area contributed by atoms with Crippen LogP contribution in [0.2, 0.25) is 5.02 Å². The molecule has 1 unspecified atom stereocenters. The largest absolute Gasteiger partial charge is 0.295 e. The number of nitrogens with zero attached hydrogens (tertiary/aromatic N) is 2. The highest BCUT2D eigenvalue weighted by Gasteiger charge is 2.22. The predicted octanol–water partition coefficient (Wildman–Crippen LogP) is 3.11. The first kappa shape index (κ1) is 10.9. The van der Waals surface area contributed by atoms with Gasteiger partial charge in [-0.3, -0.25) is 9.88 Å². The number of hydrogen-bond acceptors (Lipinski definition) is 2. The summed E-state index contributed by atoms with van der Waals surface area (Å²) in [6.07, 6.45) is 5.67. The molecule has 0 radical (unpaired) electrons. The zero-order valence-corrected chi connectivity index (χ0v) is 9.87. The molecule has 1 fully saturated rings. The summed E-state index contributed by atoms with van der Waals surface area (Å²) in [7, 11) is 0. The van der Waals surface area contributed by atoms with Gasteiger partial charge in [-0.1, -0.05) is 18.5 Å². The maximum Gasteiger partial charge on any atom is 0.0558 e. The zero-order valence-electron chi connectivity index (χ0n) is 9.12. The summed E-state index contributed by atoms with van der Waals surface area (Å²) in [6, 6.07) is 4.53.